The van der Waals surface area contributed by atoms with Gasteiger partial charge in [-0.3, -0.25) is 4.79 Å². The van der Waals surface area contributed by atoms with Crippen LogP contribution in [-0.2, 0) is 4.79 Å². The van der Waals surface area contributed by atoms with Gasteiger partial charge < -0.3 is 11.1 Å². The maximum Gasteiger partial charge on any atom is 0.228 e. The molecule has 3 nitrogen and oxygen atoms in total. The minimum atomic E-state index is -0.236. The first-order valence-corrected chi connectivity index (χ1v) is 8.01. The van der Waals surface area contributed by atoms with Crippen molar-refractivity contribution in [2.24, 2.45) is 5.73 Å². The molecule has 19 heavy (non-hydrogen) atoms. The van der Waals surface area contributed by atoms with Crippen molar-refractivity contribution >= 4 is 17.7 Å². The molecule has 1 aromatic carbocycles. The van der Waals surface area contributed by atoms with Crippen molar-refractivity contribution in [2.75, 3.05) is 19.3 Å². The quantitative estimate of drug-likeness (QED) is 0.838. The SMILES string of the molecule is CSC1(CNC(=O)C(CN)c2ccccc2)CCC1. The number of nitrogens with one attached hydrogen (secondary N) is 1. The molecule has 1 unspecified atom stereocenters. The average Bonchev–Trinajstić information content (AvgIpc) is 2.40. The summed E-state index contributed by atoms with van der Waals surface area (Å²) in [7, 11) is 0. The lowest BCUT2D eigenvalue weighted by Crippen LogP contribution is -2.47. The van der Waals surface area contributed by atoms with E-state index in [-0.39, 0.29) is 16.6 Å². The second-order valence-electron chi connectivity index (χ2n) is 5.16. The third kappa shape index (κ3) is 3.31. The molecule has 0 aromatic heterocycles. The van der Waals surface area contributed by atoms with Gasteiger partial charge in [0.25, 0.3) is 0 Å². The largest absolute Gasteiger partial charge is 0.354 e. The Morgan fingerprint density at radius 3 is 2.58 bits per heavy atom. The molecule has 3 N–H and O–H groups in total. The molecule has 0 saturated heterocycles. The van der Waals surface area contributed by atoms with Crippen molar-refractivity contribution in [3.8, 4) is 0 Å². The minimum Gasteiger partial charge on any atom is -0.354 e. The number of carbonyl (C=O) groups excluding carboxylic acids is 1. The Morgan fingerprint density at radius 1 is 1.42 bits per heavy atom. The molecule has 1 amide bonds. The fourth-order valence-electron chi connectivity index (χ4n) is 2.48. The number of carbonyl (C=O) groups is 1. The van der Waals surface area contributed by atoms with E-state index in [1.807, 2.05) is 42.1 Å². The Balaban J connectivity index is 1.94. The van der Waals surface area contributed by atoms with E-state index in [9.17, 15) is 4.79 Å². The fraction of sp³-hybridized carbons (Fsp3) is 0.533. The monoisotopic (exact) mass is 278 g/mol. The van der Waals surface area contributed by atoms with E-state index in [1.165, 1.54) is 19.3 Å². The number of nitrogens with two attached hydrogens (primary N) is 1. The summed E-state index contributed by atoms with van der Waals surface area (Å²) in [6.45, 7) is 1.11. The number of amides is 1. The predicted octanol–water partition coefficient (Wildman–Crippen LogP) is 2.13. The lowest BCUT2D eigenvalue weighted by Gasteiger charge is -2.40. The molecule has 0 spiro atoms. The van der Waals surface area contributed by atoms with Crippen molar-refractivity contribution in [1.29, 1.82) is 0 Å². The van der Waals surface area contributed by atoms with Gasteiger partial charge in [0.15, 0.2) is 0 Å². The first-order valence-electron chi connectivity index (χ1n) is 6.79. The molecule has 0 heterocycles. The molecule has 104 valence electrons. The number of benzene rings is 1. The molecule has 1 saturated carbocycles. The molecule has 1 aliphatic rings. The topological polar surface area (TPSA) is 55.1 Å². The molecule has 0 radical (unpaired) electrons. The highest BCUT2D eigenvalue weighted by Gasteiger charge is 2.36. The number of thioether (sulfide) groups is 1. The number of rotatable bonds is 6. The van der Waals surface area contributed by atoms with E-state index in [0.29, 0.717) is 6.54 Å². The minimum absolute atomic E-state index is 0.0500. The van der Waals surface area contributed by atoms with Gasteiger partial charge in [0, 0.05) is 17.8 Å². The van der Waals surface area contributed by atoms with Gasteiger partial charge in [0.05, 0.1) is 5.92 Å². The predicted molar refractivity (Wildman–Crippen MR) is 81.3 cm³/mol. The van der Waals surface area contributed by atoms with Crippen LogP contribution in [0.2, 0.25) is 0 Å². The van der Waals surface area contributed by atoms with Crippen molar-refractivity contribution in [3.05, 3.63) is 35.9 Å². The molecule has 0 bridgehead atoms. The Morgan fingerprint density at radius 2 is 2.11 bits per heavy atom. The third-order valence-electron chi connectivity index (χ3n) is 4.04. The van der Waals surface area contributed by atoms with Crippen LogP contribution < -0.4 is 11.1 Å². The smallest absolute Gasteiger partial charge is 0.228 e. The maximum absolute atomic E-state index is 12.3. The summed E-state index contributed by atoms with van der Waals surface area (Å²) in [5, 5.41) is 3.09. The zero-order valence-electron chi connectivity index (χ0n) is 11.4. The lowest BCUT2D eigenvalue weighted by molar-refractivity contribution is -0.122. The van der Waals surface area contributed by atoms with Crippen LogP contribution in [0.3, 0.4) is 0 Å². The molecule has 0 aliphatic heterocycles. The molecular formula is C15H22N2OS. The van der Waals surface area contributed by atoms with E-state index < -0.39 is 0 Å². The summed E-state index contributed by atoms with van der Waals surface area (Å²) in [4.78, 5) is 12.3. The Labute approximate surface area is 119 Å². The molecule has 2 rings (SSSR count). The van der Waals surface area contributed by atoms with Crippen molar-refractivity contribution in [3.63, 3.8) is 0 Å². The van der Waals surface area contributed by atoms with Gasteiger partial charge in [-0.1, -0.05) is 36.8 Å². The third-order valence-corrected chi connectivity index (χ3v) is 5.46. The molecule has 1 atom stereocenters. The van der Waals surface area contributed by atoms with Crippen molar-refractivity contribution in [1.82, 2.24) is 5.32 Å². The van der Waals surface area contributed by atoms with Crippen LogP contribution >= 0.6 is 11.8 Å². The zero-order valence-corrected chi connectivity index (χ0v) is 12.2. The molecule has 4 heteroatoms. The summed E-state index contributed by atoms with van der Waals surface area (Å²) in [6.07, 6.45) is 5.80. The zero-order chi connectivity index (χ0) is 13.7. The second kappa shape index (κ2) is 6.44. The molecular weight excluding hydrogens is 256 g/mol. The van der Waals surface area contributed by atoms with Crippen molar-refractivity contribution in [2.45, 2.75) is 29.9 Å². The summed E-state index contributed by atoms with van der Waals surface area (Å²) in [5.74, 6) is -0.186. The summed E-state index contributed by atoms with van der Waals surface area (Å²) >= 11 is 1.87. The van der Waals surface area contributed by atoms with Crippen LogP contribution in [0.1, 0.15) is 30.7 Å². The first kappa shape index (κ1) is 14.4. The van der Waals surface area contributed by atoms with E-state index in [2.05, 4.69) is 11.6 Å². The van der Waals surface area contributed by atoms with Gasteiger partial charge in [0.1, 0.15) is 0 Å². The van der Waals surface area contributed by atoms with Gasteiger partial charge in [0.2, 0.25) is 5.91 Å². The van der Waals surface area contributed by atoms with E-state index >= 15 is 0 Å². The Bertz CT molecular complexity index is 412. The lowest BCUT2D eigenvalue weighted by atomic mass is 9.84. The standard InChI is InChI=1S/C15H22N2OS/c1-19-15(8-5-9-15)11-17-14(18)13(10-16)12-6-3-2-4-7-12/h2-4,6-7,13H,5,8-11,16H2,1H3,(H,17,18). The maximum atomic E-state index is 12.3. The highest BCUT2D eigenvalue weighted by atomic mass is 32.2. The Kier molecular flexibility index (Phi) is 4.88. The van der Waals surface area contributed by atoms with Crippen LogP contribution in [-0.4, -0.2) is 30.0 Å². The van der Waals surface area contributed by atoms with E-state index in [4.69, 9.17) is 5.73 Å². The number of hydrogen-bond acceptors (Lipinski definition) is 3. The highest BCUT2D eigenvalue weighted by molar-refractivity contribution is 8.00. The van der Waals surface area contributed by atoms with Gasteiger partial charge >= 0.3 is 0 Å². The van der Waals surface area contributed by atoms with E-state index in [0.717, 1.165) is 12.1 Å². The summed E-state index contributed by atoms with van der Waals surface area (Å²) in [6, 6.07) is 9.77. The normalized spacial score (nSPS) is 18.4. The van der Waals surface area contributed by atoms with Gasteiger partial charge in [-0.15, -0.1) is 0 Å². The molecule has 1 aromatic rings. The summed E-state index contributed by atoms with van der Waals surface area (Å²) < 4.78 is 0.269. The van der Waals surface area contributed by atoms with Gasteiger partial charge in [-0.2, -0.15) is 11.8 Å². The molecule has 1 aliphatic carbocycles. The second-order valence-corrected chi connectivity index (χ2v) is 6.43. The highest BCUT2D eigenvalue weighted by Crippen LogP contribution is 2.42. The summed E-state index contributed by atoms with van der Waals surface area (Å²) in [5.41, 5.74) is 6.75. The van der Waals surface area contributed by atoms with Crippen LogP contribution in [0, 0.1) is 0 Å². The first-order chi connectivity index (χ1) is 9.21. The number of hydrogen-bond donors (Lipinski definition) is 2. The van der Waals surface area contributed by atoms with Crippen molar-refractivity contribution < 1.29 is 4.79 Å². The molecule has 1 fully saturated rings. The van der Waals surface area contributed by atoms with Crippen LogP contribution in [0.4, 0.5) is 0 Å². The van der Waals surface area contributed by atoms with E-state index in [1.54, 1.807) is 0 Å². The van der Waals surface area contributed by atoms with Crippen LogP contribution in [0.15, 0.2) is 30.3 Å². The van der Waals surface area contributed by atoms with Gasteiger partial charge in [-0.25, -0.2) is 0 Å². The Hall–Kier alpha value is -1.00. The van der Waals surface area contributed by atoms with Gasteiger partial charge in [-0.05, 0) is 24.7 Å². The van der Waals surface area contributed by atoms with Crippen LogP contribution in [0.25, 0.3) is 0 Å². The van der Waals surface area contributed by atoms with Crippen LogP contribution in [0.5, 0.6) is 0 Å². The fourth-order valence-corrected chi connectivity index (χ4v) is 3.39. The average molecular weight is 278 g/mol.